The van der Waals surface area contributed by atoms with Gasteiger partial charge in [0.1, 0.15) is 0 Å². The van der Waals surface area contributed by atoms with Crippen molar-refractivity contribution in [1.82, 2.24) is 0 Å². The van der Waals surface area contributed by atoms with Crippen molar-refractivity contribution in [2.45, 2.75) is 0 Å². The van der Waals surface area contributed by atoms with Crippen LogP contribution in [0, 0.1) is 0 Å². The molecule has 0 heterocycles. The molecule has 0 aromatic rings. The molecule has 0 bridgehead atoms. The summed E-state index contributed by atoms with van der Waals surface area (Å²) in [6.45, 7) is 0. The average Bonchev–Trinajstić information content (AvgIpc) is 0.811. The van der Waals surface area contributed by atoms with Gasteiger partial charge in [-0.15, -0.1) is 0 Å². The molecule has 0 saturated heterocycles. The van der Waals surface area contributed by atoms with Crippen molar-refractivity contribution < 1.29 is 172 Å². The van der Waals surface area contributed by atoms with Crippen LogP contribution < -0.4 is 154 Å². The molecule has 7 heavy (non-hydrogen) atoms. The fraction of sp³-hybridized carbons (Fsp3) is 0. The first kappa shape index (κ1) is 22.5. The Morgan fingerprint density at radius 3 is 1.14 bits per heavy atom. The summed E-state index contributed by atoms with van der Waals surface area (Å²) >= 11 is 0. The van der Waals surface area contributed by atoms with Gasteiger partial charge in [0.15, 0.2) is 0 Å². The standard InChI is InChI=1S/3K.H2O3Si.3H/c;;;1-4(2)3;;;/h;;;1-2H;;;/q3*+1;;3*-1. The Morgan fingerprint density at radius 1 is 1.14 bits per heavy atom. The van der Waals surface area contributed by atoms with Crippen molar-refractivity contribution in [2.24, 2.45) is 0 Å². The van der Waals surface area contributed by atoms with Crippen LogP contribution in [0.3, 0.4) is 0 Å². The monoisotopic (exact) mass is 198 g/mol. The molecule has 7 heteroatoms. The maximum atomic E-state index is 8.74. The molecule has 0 radical (unpaired) electrons. The second kappa shape index (κ2) is 16.9. The van der Waals surface area contributed by atoms with Gasteiger partial charge in [-0.3, -0.25) is 4.46 Å². The van der Waals surface area contributed by atoms with Crippen molar-refractivity contribution in [3.63, 3.8) is 0 Å². The largest absolute Gasteiger partial charge is 1.00 e. The minimum atomic E-state index is -3.13. The molecular formula is H5K3O3Si. The smallest absolute Gasteiger partial charge is 1.00 e. The molecule has 0 aromatic carbocycles. The van der Waals surface area contributed by atoms with E-state index in [0.29, 0.717) is 0 Å². The molecule has 0 aliphatic heterocycles. The predicted molar refractivity (Wildman–Crippen MR) is 14.2 cm³/mol. The van der Waals surface area contributed by atoms with Gasteiger partial charge < -0.3 is 13.9 Å². The first-order valence-corrected chi connectivity index (χ1v) is 1.95. The average molecular weight is 198 g/mol. The van der Waals surface area contributed by atoms with Crippen LogP contribution >= 0.6 is 0 Å². The molecular weight excluding hydrogens is 193 g/mol. The van der Waals surface area contributed by atoms with Crippen molar-refractivity contribution in [1.29, 1.82) is 0 Å². The van der Waals surface area contributed by atoms with Crippen LogP contribution in [-0.4, -0.2) is 18.8 Å². The van der Waals surface area contributed by atoms with Gasteiger partial charge in [0.05, 0.1) is 0 Å². The first-order valence-electron chi connectivity index (χ1n) is 0.651. The van der Waals surface area contributed by atoms with E-state index in [9.17, 15) is 0 Å². The van der Waals surface area contributed by atoms with E-state index in [1.165, 1.54) is 0 Å². The second-order valence-electron chi connectivity index (χ2n) is 0.283. The van der Waals surface area contributed by atoms with Crippen LogP contribution in [-0.2, 0) is 4.46 Å². The van der Waals surface area contributed by atoms with Crippen LogP contribution in [0.15, 0.2) is 0 Å². The molecule has 0 saturated carbocycles. The third-order valence-electron chi connectivity index (χ3n) is 0. The summed E-state index contributed by atoms with van der Waals surface area (Å²) in [7, 11) is -3.13. The summed E-state index contributed by atoms with van der Waals surface area (Å²) in [5.41, 5.74) is 0. The van der Waals surface area contributed by atoms with Gasteiger partial charge in [-0.05, 0) is 0 Å². The zero-order valence-corrected chi connectivity index (χ0v) is 15.2. The number of hydrogen-bond acceptors (Lipinski definition) is 1. The fourth-order valence-corrected chi connectivity index (χ4v) is 0. The molecule has 0 amide bonds. The Morgan fingerprint density at radius 2 is 1.14 bits per heavy atom. The molecule has 0 fully saturated rings. The van der Waals surface area contributed by atoms with Crippen LogP contribution in [0.2, 0.25) is 0 Å². The zero-order valence-electron chi connectivity index (χ0n) is 7.80. The van der Waals surface area contributed by atoms with E-state index in [4.69, 9.17) is 14.1 Å². The van der Waals surface area contributed by atoms with E-state index in [0.717, 1.165) is 0 Å². The topological polar surface area (TPSA) is 57.5 Å². The van der Waals surface area contributed by atoms with Crippen molar-refractivity contribution in [3.8, 4) is 0 Å². The van der Waals surface area contributed by atoms with Crippen molar-refractivity contribution in [2.75, 3.05) is 0 Å². The fourth-order valence-electron chi connectivity index (χ4n) is 0. The van der Waals surface area contributed by atoms with E-state index >= 15 is 0 Å². The van der Waals surface area contributed by atoms with Gasteiger partial charge in [0.25, 0.3) is 0 Å². The van der Waals surface area contributed by atoms with Gasteiger partial charge in [-0.1, -0.05) is 0 Å². The summed E-state index contributed by atoms with van der Waals surface area (Å²) in [5, 5.41) is 0. The van der Waals surface area contributed by atoms with Crippen molar-refractivity contribution in [3.05, 3.63) is 0 Å². The van der Waals surface area contributed by atoms with Gasteiger partial charge in [-0.2, -0.15) is 0 Å². The summed E-state index contributed by atoms with van der Waals surface area (Å²) in [6, 6.07) is 0. The molecule has 2 N–H and O–H groups in total. The van der Waals surface area contributed by atoms with Gasteiger partial charge in [0, 0.05) is 0 Å². The molecule has 0 rings (SSSR count). The Kier molecular flexibility index (Phi) is 54.3. The minimum Gasteiger partial charge on any atom is -1.00 e. The number of rotatable bonds is 0. The Bertz CT molecular complexity index is 42.0. The Hall–Kier alpha value is 4.53. The Labute approximate surface area is 176 Å². The maximum absolute atomic E-state index is 8.74. The minimum absolute atomic E-state index is 0. The van der Waals surface area contributed by atoms with E-state index in [1.54, 1.807) is 0 Å². The predicted octanol–water partition coefficient (Wildman–Crippen LogP) is -10.3. The summed E-state index contributed by atoms with van der Waals surface area (Å²) in [6.07, 6.45) is 0. The Balaban J connectivity index is -0.00000000300. The molecule has 0 unspecified atom stereocenters. The molecule has 0 aliphatic carbocycles. The first-order chi connectivity index (χ1) is 1.73. The molecule has 30 valence electrons. The van der Waals surface area contributed by atoms with E-state index in [2.05, 4.69) is 0 Å². The summed E-state index contributed by atoms with van der Waals surface area (Å²) in [4.78, 5) is 14.3. The molecule has 0 atom stereocenters. The molecule has 0 aliphatic rings. The third-order valence-corrected chi connectivity index (χ3v) is 0. The van der Waals surface area contributed by atoms with Crippen LogP contribution in [0.4, 0.5) is 0 Å². The van der Waals surface area contributed by atoms with Gasteiger partial charge in [0.2, 0.25) is 0 Å². The van der Waals surface area contributed by atoms with E-state index in [-0.39, 0.29) is 158 Å². The molecule has 3 nitrogen and oxygen atoms in total. The van der Waals surface area contributed by atoms with E-state index < -0.39 is 9.17 Å². The van der Waals surface area contributed by atoms with E-state index in [1.807, 2.05) is 0 Å². The van der Waals surface area contributed by atoms with Crippen LogP contribution in [0.25, 0.3) is 0 Å². The van der Waals surface area contributed by atoms with Gasteiger partial charge >= 0.3 is 163 Å². The maximum Gasteiger partial charge on any atom is 1.00 e. The molecule has 0 aromatic heterocycles. The molecule has 0 spiro atoms. The SMILES string of the molecule is O=[Si](O)O.[H-].[H-].[H-].[K+].[K+].[K+]. The zero-order chi connectivity index (χ0) is 3.58. The quantitative estimate of drug-likeness (QED) is 0.380. The summed E-state index contributed by atoms with van der Waals surface area (Å²) < 4.78 is 8.74. The third kappa shape index (κ3) is 37.4. The normalized spacial score (nSPS) is 3.43. The van der Waals surface area contributed by atoms with Gasteiger partial charge in [-0.25, -0.2) is 0 Å². The van der Waals surface area contributed by atoms with Crippen LogP contribution in [0.1, 0.15) is 4.28 Å². The van der Waals surface area contributed by atoms with Crippen LogP contribution in [0.5, 0.6) is 0 Å². The number of hydrogen-bond donors (Lipinski definition) is 2. The second-order valence-corrected chi connectivity index (χ2v) is 0.848. The van der Waals surface area contributed by atoms with Crippen molar-refractivity contribution >= 4 is 9.17 Å². The summed E-state index contributed by atoms with van der Waals surface area (Å²) in [5.74, 6) is 0.